The molecule has 0 saturated carbocycles. The molecule has 0 amide bonds. The summed E-state index contributed by atoms with van der Waals surface area (Å²) in [4.78, 5) is 12.0. The second-order valence-electron chi connectivity index (χ2n) is 4.52. The molecule has 108 valence electrons. The van der Waals surface area contributed by atoms with Gasteiger partial charge in [-0.1, -0.05) is 0 Å². The van der Waals surface area contributed by atoms with E-state index in [0.717, 1.165) is 12.1 Å². The number of phenols is 4. The van der Waals surface area contributed by atoms with Crippen LogP contribution >= 0.6 is 0 Å². The molecule has 0 saturated heterocycles. The average Bonchev–Trinajstić information content (AvgIpc) is 2.40. The Balaban J connectivity index is 0.00000176. The zero-order valence-electron chi connectivity index (χ0n) is 11.3. The minimum Gasteiger partial charge on any atom is -0.508 e. The molecule has 0 bridgehead atoms. The first-order valence-corrected chi connectivity index (χ1v) is 5.98. The van der Waals surface area contributed by atoms with Crippen LogP contribution in [-0.4, -0.2) is 58.2 Å². The number of phenolic OH excluding ortho intramolecular Hbond substituents is 4. The third-order valence-electron chi connectivity index (χ3n) is 3.05. The molecule has 0 aliphatic carbocycles. The van der Waals surface area contributed by atoms with Gasteiger partial charge in [0.15, 0.2) is 16.9 Å². The van der Waals surface area contributed by atoms with Crippen LogP contribution < -0.4 is 5.43 Å². The van der Waals surface area contributed by atoms with Crippen molar-refractivity contribution < 1.29 is 24.8 Å². The van der Waals surface area contributed by atoms with E-state index in [1.165, 1.54) is 24.3 Å². The maximum absolute atomic E-state index is 12.0. The third kappa shape index (κ3) is 2.85. The zero-order valence-corrected chi connectivity index (χ0v) is 13.5. The predicted octanol–water partition coefficient (Wildman–Crippen LogP) is 1.90. The fourth-order valence-corrected chi connectivity index (χ4v) is 2.07. The van der Waals surface area contributed by atoms with Crippen molar-refractivity contribution in [1.82, 2.24) is 0 Å². The van der Waals surface area contributed by atoms with Gasteiger partial charge in [-0.2, -0.15) is 0 Å². The van der Waals surface area contributed by atoms with Crippen LogP contribution in [0, 0.1) is 0 Å². The summed E-state index contributed by atoms with van der Waals surface area (Å²) < 4.78 is 5.47. The van der Waals surface area contributed by atoms with Gasteiger partial charge in [-0.25, -0.2) is 0 Å². The van der Waals surface area contributed by atoms with E-state index in [1.54, 1.807) is 0 Å². The summed E-state index contributed by atoms with van der Waals surface area (Å²) in [6.45, 7) is 0. The van der Waals surface area contributed by atoms with Crippen LogP contribution in [0.3, 0.4) is 0 Å². The molecular weight excluding hydrogens is 316 g/mol. The predicted molar refractivity (Wildman–Crippen MR) is 80.3 cm³/mol. The molecular formula is C15H10CaO6. The van der Waals surface area contributed by atoms with E-state index < -0.39 is 5.43 Å². The van der Waals surface area contributed by atoms with Crippen molar-refractivity contribution in [2.75, 3.05) is 0 Å². The van der Waals surface area contributed by atoms with Gasteiger partial charge in [0.2, 0.25) is 0 Å². The van der Waals surface area contributed by atoms with E-state index in [0.29, 0.717) is 5.56 Å². The Kier molecular flexibility index (Phi) is 4.55. The maximum atomic E-state index is 12.0. The first-order valence-electron chi connectivity index (χ1n) is 5.98. The van der Waals surface area contributed by atoms with Crippen LogP contribution in [-0.2, 0) is 0 Å². The largest absolute Gasteiger partial charge is 0.508 e. The Hall–Kier alpha value is -1.89. The molecule has 3 aromatic rings. The van der Waals surface area contributed by atoms with Crippen molar-refractivity contribution in [3.05, 3.63) is 46.6 Å². The second kappa shape index (κ2) is 6.08. The Labute approximate surface area is 153 Å². The number of hydrogen-bond acceptors (Lipinski definition) is 6. The SMILES string of the molecule is O=c1cc(-c2ccc(O)c(O)c2)oc2cc(O)cc(O)c12.[Ca]. The van der Waals surface area contributed by atoms with Gasteiger partial charge in [0.1, 0.15) is 28.2 Å². The molecule has 1 aromatic heterocycles. The van der Waals surface area contributed by atoms with Gasteiger partial charge in [-0.05, 0) is 18.2 Å². The molecule has 2 aromatic carbocycles. The standard InChI is InChI=1S/C15H10O6.Ca/c16-8-4-11(19)15-12(20)6-13(21-14(15)5-8)7-1-2-9(17)10(18)3-7;/h1-6,16-19H;. The molecule has 0 unspecified atom stereocenters. The maximum Gasteiger partial charge on any atom is 0.197 e. The summed E-state index contributed by atoms with van der Waals surface area (Å²) in [6.07, 6.45) is 0. The molecule has 0 fully saturated rings. The molecule has 3 rings (SSSR count). The summed E-state index contributed by atoms with van der Waals surface area (Å²) in [5, 5.41) is 37.9. The third-order valence-corrected chi connectivity index (χ3v) is 3.05. The summed E-state index contributed by atoms with van der Waals surface area (Å²) in [6, 6.07) is 7.37. The molecule has 22 heavy (non-hydrogen) atoms. The van der Waals surface area contributed by atoms with Crippen LogP contribution in [0.5, 0.6) is 23.0 Å². The first kappa shape index (κ1) is 16.5. The van der Waals surface area contributed by atoms with Crippen molar-refractivity contribution in [2.45, 2.75) is 0 Å². The van der Waals surface area contributed by atoms with Crippen LogP contribution in [0.4, 0.5) is 0 Å². The van der Waals surface area contributed by atoms with E-state index in [-0.39, 0.29) is 77.5 Å². The monoisotopic (exact) mass is 326 g/mol. The summed E-state index contributed by atoms with van der Waals surface area (Å²) in [5.74, 6) is -1.13. The molecule has 6 nitrogen and oxygen atoms in total. The van der Waals surface area contributed by atoms with E-state index >= 15 is 0 Å². The van der Waals surface area contributed by atoms with Gasteiger partial charge in [-0.3, -0.25) is 4.79 Å². The quantitative estimate of drug-likeness (QED) is 0.401. The molecule has 7 heteroatoms. The molecule has 0 atom stereocenters. The average molecular weight is 326 g/mol. The summed E-state index contributed by atoms with van der Waals surface area (Å²) in [7, 11) is 0. The molecule has 4 N–H and O–H groups in total. The van der Waals surface area contributed by atoms with Crippen molar-refractivity contribution in [3.63, 3.8) is 0 Å². The second-order valence-corrected chi connectivity index (χ2v) is 4.52. The number of rotatable bonds is 1. The smallest absolute Gasteiger partial charge is 0.197 e. The normalized spacial score (nSPS) is 10.4. The van der Waals surface area contributed by atoms with Crippen molar-refractivity contribution >= 4 is 48.7 Å². The fraction of sp³-hybridized carbons (Fsp3) is 0. The van der Waals surface area contributed by atoms with E-state index in [4.69, 9.17) is 4.42 Å². The summed E-state index contributed by atoms with van der Waals surface area (Å²) in [5.41, 5.74) is -0.106. The minimum absolute atomic E-state index is 0. The summed E-state index contributed by atoms with van der Waals surface area (Å²) >= 11 is 0. The molecule has 0 aliphatic rings. The van der Waals surface area contributed by atoms with Gasteiger partial charge in [-0.15, -0.1) is 0 Å². The van der Waals surface area contributed by atoms with E-state index in [2.05, 4.69) is 0 Å². The first-order chi connectivity index (χ1) is 9.95. The van der Waals surface area contributed by atoms with Gasteiger partial charge in [0, 0.05) is 61.5 Å². The number of fused-ring (bicyclic) bond motifs is 1. The number of benzene rings is 2. The van der Waals surface area contributed by atoms with Gasteiger partial charge < -0.3 is 24.8 Å². The van der Waals surface area contributed by atoms with E-state index in [9.17, 15) is 25.2 Å². The Morgan fingerprint density at radius 3 is 2.23 bits per heavy atom. The van der Waals surface area contributed by atoms with Gasteiger partial charge >= 0.3 is 0 Å². The van der Waals surface area contributed by atoms with Crippen molar-refractivity contribution in [3.8, 4) is 34.3 Å². The van der Waals surface area contributed by atoms with Gasteiger partial charge in [0.05, 0.1) is 0 Å². The van der Waals surface area contributed by atoms with E-state index in [1.807, 2.05) is 0 Å². The number of aromatic hydroxyl groups is 4. The molecule has 0 aliphatic heterocycles. The number of hydrogen-bond donors (Lipinski definition) is 4. The van der Waals surface area contributed by atoms with Crippen LogP contribution in [0.2, 0.25) is 0 Å². The minimum atomic E-state index is -0.490. The Morgan fingerprint density at radius 1 is 0.818 bits per heavy atom. The Bertz CT molecular complexity index is 916. The Morgan fingerprint density at radius 2 is 1.55 bits per heavy atom. The van der Waals surface area contributed by atoms with Crippen LogP contribution in [0.15, 0.2) is 45.6 Å². The molecule has 0 spiro atoms. The fourth-order valence-electron chi connectivity index (χ4n) is 2.07. The van der Waals surface area contributed by atoms with Crippen molar-refractivity contribution in [2.24, 2.45) is 0 Å². The van der Waals surface area contributed by atoms with Gasteiger partial charge in [0.25, 0.3) is 0 Å². The van der Waals surface area contributed by atoms with Crippen LogP contribution in [0.1, 0.15) is 0 Å². The molecule has 1 heterocycles. The molecule has 2 radical (unpaired) electrons. The van der Waals surface area contributed by atoms with Crippen LogP contribution in [0.25, 0.3) is 22.3 Å². The zero-order chi connectivity index (χ0) is 15.1. The van der Waals surface area contributed by atoms with Crippen molar-refractivity contribution in [1.29, 1.82) is 0 Å². The topological polar surface area (TPSA) is 111 Å².